The summed E-state index contributed by atoms with van der Waals surface area (Å²) in [5.74, 6) is 1.07. The number of benzene rings is 2. The number of nitrogens with two attached hydrogens (primary N) is 1. The Labute approximate surface area is 104 Å². The number of fused-ring (bicyclic) bond motifs is 1. The number of ether oxygens (including phenoxy) is 2. The molecule has 0 spiro atoms. The molecule has 0 fully saturated rings. The topological polar surface area (TPSA) is 44.5 Å². The highest BCUT2D eigenvalue weighted by Gasteiger charge is 2.13. The van der Waals surface area contributed by atoms with Crippen molar-refractivity contribution in [3.05, 3.63) is 42.2 Å². The number of halogens is 1. The van der Waals surface area contributed by atoms with E-state index in [0.29, 0.717) is 36.0 Å². The SMILES string of the molecule is Nc1ccc(F)cc1-c1ccc2c(c1)OCCO2. The maximum atomic E-state index is 13.3. The molecule has 1 aliphatic rings. The molecule has 1 heterocycles. The first kappa shape index (κ1) is 10.9. The predicted molar refractivity (Wildman–Crippen MR) is 67.2 cm³/mol. The minimum Gasteiger partial charge on any atom is -0.486 e. The van der Waals surface area contributed by atoms with Crippen LogP contribution in [0.25, 0.3) is 11.1 Å². The molecule has 2 N–H and O–H groups in total. The molecule has 3 nitrogen and oxygen atoms in total. The molecule has 0 aromatic heterocycles. The molecule has 0 bridgehead atoms. The van der Waals surface area contributed by atoms with Gasteiger partial charge in [-0.1, -0.05) is 6.07 Å². The average Bonchev–Trinajstić information content (AvgIpc) is 2.41. The maximum absolute atomic E-state index is 13.3. The summed E-state index contributed by atoms with van der Waals surface area (Å²) < 4.78 is 24.2. The molecular weight excluding hydrogens is 233 g/mol. The molecule has 1 aliphatic heterocycles. The second-order valence-corrected chi connectivity index (χ2v) is 4.09. The normalized spacial score (nSPS) is 13.4. The van der Waals surface area contributed by atoms with Crippen LogP contribution in [0.1, 0.15) is 0 Å². The Morgan fingerprint density at radius 1 is 0.944 bits per heavy atom. The lowest BCUT2D eigenvalue weighted by Gasteiger charge is -2.19. The van der Waals surface area contributed by atoms with Crippen LogP contribution < -0.4 is 15.2 Å². The van der Waals surface area contributed by atoms with Crippen molar-refractivity contribution in [1.29, 1.82) is 0 Å². The summed E-state index contributed by atoms with van der Waals surface area (Å²) in [6.07, 6.45) is 0. The zero-order valence-corrected chi connectivity index (χ0v) is 9.65. The molecule has 0 aliphatic carbocycles. The van der Waals surface area contributed by atoms with Crippen molar-refractivity contribution in [3.63, 3.8) is 0 Å². The van der Waals surface area contributed by atoms with Gasteiger partial charge in [0.05, 0.1) is 0 Å². The van der Waals surface area contributed by atoms with E-state index in [4.69, 9.17) is 15.2 Å². The van der Waals surface area contributed by atoms with Crippen molar-refractivity contribution in [2.75, 3.05) is 18.9 Å². The molecule has 0 amide bonds. The molecule has 4 heteroatoms. The average molecular weight is 245 g/mol. The van der Waals surface area contributed by atoms with E-state index >= 15 is 0 Å². The van der Waals surface area contributed by atoms with E-state index in [9.17, 15) is 4.39 Å². The molecule has 0 saturated carbocycles. The summed E-state index contributed by atoms with van der Waals surface area (Å²) in [7, 11) is 0. The number of hydrogen-bond acceptors (Lipinski definition) is 3. The minimum absolute atomic E-state index is 0.311. The van der Waals surface area contributed by atoms with Crippen molar-refractivity contribution in [2.24, 2.45) is 0 Å². The summed E-state index contributed by atoms with van der Waals surface area (Å²) in [4.78, 5) is 0. The van der Waals surface area contributed by atoms with Crippen LogP contribution in [-0.2, 0) is 0 Å². The standard InChI is InChI=1S/C14H12FNO2/c15-10-2-3-12(16)11(8-10)9-1-4-13-14(7-9)18-6-5-17-13/h1-4,7-8H,5-6,16H2. The first-order valence-corrected chi connectivity index (χ1v) is 5.69. The molecule has 0 atom stereocenters. The Hall–Kier alpha value is -2.23. The number of hydrogen-bond donors (Lipinski definition) is 1. The minimum atomic E-state index is -0.311. The lowest BCUT2D eigenvalue weighted by Crippen LogP contribution is -2.15. The van der Waals surface area contributed by atoms with Gasteiger partial charge in [-0.2, -0.15) is 0 Å². The van der Waals surface area contributed by atoms with Crippen molar-refractivity contribution >= 4 is 5.69 Å². The van der Waals surface area contributed by atoms with Gasteiger partial charge >= 0.3 is 0 Å². The third-order valence-electron chi connectivity index (χ3n) is 2.87. The van der Waals surface area contributed by atoms with Crippen LogP contribution in [0, 0.1) is 5.82 Å². The Balaban J connectivity index is 2.09. The van der Waals surface area contributed by atoms with E-state index in [1.165, 1.54) is 12.1 Å². The maximum Gasteiger partial charge on any atom is 0.161 e. The molecule has 0 radical (unpaired) electrons. The third kappa shape index (κ3) is 1.86. The molecule has 2 aromatic rings. The van der Waals surface area contributed by atoms with Crippen molar-refractivity contribution in [2.45, 2.75) is 0 Å². The van der Waals surface area contributed by atoms with Crippen molar-refractivity contribution in [3.8, 4) is 22.6 Å². The zero-order valence-electron chi connectivity index (χ0n) is 9.65. The second-order valence-electron chi connectivity index (χ2n) is 4.09. The fourth-order valence-electron chi connectivity index (χ4n) is 1.99. The molecule has 2 aromatic carbocycles. The van der Waals surface area contributed by atoms with Crippen LogP contribution in [0.3, 0.4) is 0 Å². The summed E-state index contributed by atoms with van der Waals surface area (Å²) >= 11 is 0. The third-order valence-corrected chi connectivity index (χ3v) is 2.87. The molecule has 0 unspecified atom stereocenters. The summed E-state index contributed by atoms with van der Waals surface area (Å²) in [6, 6.07) is 9.80. The van der Waals surface area contributed by atoms with Gasteiger partial charge in [0, 0.05) is 11.3 Å². The summed E-state index contributed by atoms with van der Waals surface area (Å²) in [6.45, 7) is 1.07. The van der Waals surface area contributed by atoms with E-state index in [1.807, 2.05) is 18.2 Å². The fourth-order valence-corrected chi connectivity index (χ4v) is 1.99. The van der Waals surface area contributed by atoms with Crippen LogP contribution in [0.15, 0.2) is 36.4 Å². The first-order valence-electron chi connectivity index (χ1n) is 5.69. The highest BCUT2D eigenvalue weighted by atomic mass is 19.1. The lowest BCUT2D eigenvalue weighted by atomic mass is 10.0. The van der Waals surface area contributed by atoms with Gasteiger partial charge in [0.25, 0.3) is 0 Å². The van der Waals surface area contributed by atoms with E-state index in [2.05, 4.69) is 0 Å². The monoisotopic (exact) mass is 245 g/mol. The summed E-state index contributed by atoms with van der Waals surface area (Å²) in [5.41, 5.74) is 7.87. The van der Waals surface area contributed by atoms with Crippen molar-refractivity contribution in [1.82, 2.24) is 0 Å². The predicted octanol–water partition coefficient (Wildman–Crippen LogP) is 2.85. The molecule has 92 valence electrons. The van der Waals surface area contributed by atoms with Gasteiger partial charge in [-0.15, -0.1) is 0 Å². The van der Waals surface area contributed by atoms with Gasteiger partial charge in [0.15, 0.2) is 11.5 Å². The number of anilines is 1. The molecule has 3 rings (SSSR count). The van der Waals surface area contributed by atoms with E-state index in [1.54, 1.807) is 6.07 Å². The summed E-state index contributed by atoms with van der Waals surface area (Å²) in [5, 5.41) is 0. The Morgan fingerprint density at radius 2 is 1.72 bits per heavy atom. The molecular formula is C14H12FNO2. The quantitative estimate of drug-likeness (QED) is 0.786. The molecule has 18 heavy (non-hydrogen) atoms. The Bertz CT molecular complexity index is 598. The number of nitrogen functional groups attached to an aromatic ring is 1. The van der Waals surface area contributed by atoms with Crippen molar-refractivity contribution < 1.29 is 13.9 Å². The van der Waals surface area contributed by atoms with Crippen LogP contribution in [0.5, 0.6) is 11.5 Å². The van der Waals surface area contributed by atoms with Crippen LogP contribution in [-0.4, -0.2) is 13.2 Å². The van der Waals surface area contributed by atoms with Crippen LogP contribution in [0.2, 0.25) is 0 Å². The van der Waals surface area contributed by atoms with Gasteiger partial charge in [-0.3, -0.25) is 0 Å². The highest BCUT2D eigenvalue weighted by molar-refractivity contribution is 5.77. The van der Waals surface area contributed by atoms with Gasteiger partial charge in [-0.25, -0.2) is 4.39 Å². The number of rotatable bonds is 1. The second kappa shape index (κ2) is 4.22. The van der Waals surface area contributed by atoms with Gasteiger partial charge in [0.2, 0.25) is 0 Å². The van der Waals surface area contributed by atoms with E-state index in [0.717, 1.165) is 5.56 Å². The first-order chi connectivity index (χ1) is 8.74. The molecule has 0 saturated heterocycles. The zero-order chi connectivity index (χ0) is 12.5. The lowest BCUT2D eigenvalue weighted by molar-refractivity contribution is 0.171. The van der Waals surface area contributed by atoms with Crippen LogP contribution in [0.4, 0.5) is 10.1 Å². The van der Waals surface area contributed by atoms with Gasteiger partial charge in [-0.05, 0) is 35.9 Å². The van der Waals surface area contributed by atoms with E-state index in [-0.39, 0.29) is 5.82 Å². The fraction of sp³-hybridized carbons (Fsp3) is 0.143. The van der Waals surface area contributed by atoms with E-state index < -0.39 is 0 Å². The Morgan fingerprint density at radius 3 is 2.56 bits per heavy atom. The largest absolute Gasteiger partial charge is 0.486 e. The van der Waals surface area contributed by atoms with Gasteiger partial charge < -0.3 is 15.2 Å². The van der Waals surface area contributed by atoms with Crippen LogP contribution >= 0.6 is 0 Å². The van der Waals surface area contributed by atoms with Gasteiger partial charge in [0.1, 0.15) is 19.0 Å². The smallest absolute Gasteiger partial charge is 0.161 e. The Kier molecular flexibility index (Phi) is 2.55. The highest BCUT2D eigenvalue weighted by Crippen LogP contribution is 2.36.